The average Bonchev–Trinajstić information content (AvgIpc) is 3.12. The van der Waals surface area contributed by atoms with Gasteiger partial charge in [-0.2, -0.15) is 0 Å². The first-order valence-electron chi connectivity index (χ1n) is 7.23. The molecule has 1 N–H and O–H groups in total. The molecule has 0 aromatic rings. The summed E-state index contributed by atoms with van der Waals surface area (Å²) in [6, 6.07) is -0.561. The van der Waals surface area contributed by atoms with Gasteiger partial charge in [0.1, 0.15) is 6.04 Å². The highest BCUT2D eigenvalue weighted by molar-refractivity contribution is 5.87. The Kier molecular flexibility index (Phi) is 3.04. The monoisotopic (exact) mass is 251 g/mol. The molecule has 1 amide bonds. The molecule has 0 radical (unpaired) electrons. The fraction of sp³-hybridized carbons (Fsp3) is 0.857. The van der Waals surface area contributed by atoms with Gasteiger partial charge in [-0.05, 0) is 43.9 Å². The fourth-order valence-corrected chi connectivity index (χ4v) is 4.00. The Hall–Kier alpha value is -1.06. The van der Waals surface area contributed by atoms with Crippen molar-refractivity contribution in [3.05, 3.63) is 0 Å². The van der Waals surface area contributed by atoms with Crippen molar-refractivity contribution in [1.82, 2.24) is 4.90 Å². The Bertz CT molecular complexity index is 356. The number of hydrogen-bond donors (Lipinski definition) is 1. The zero-order chi connectivity index (χ0) is 12.7. The Labute approximate surface area is 107 Å². The summed E-state index contributed by atoms with van der Waals surface area (Å²) in [4.78, 5) is 25.4. The van der Waals surface area contributed by atoms with E-state index in [1.807, 2.05) is 0 Å². The lowest BCUT2D eigenvalue weighted by Crippen LogP contribution is -2.48. The number of rotatable bonds is 2. The minimum atomic E-state index is -0.827. The number of amides is 1. The van der Waals surface area contributed by atoms with E-state index in [0.717, 1.165) is 12.8 Å². The zero-order valence-electron chi connectivity index (χ0n) is 10.7. The molecule has 18 heavy (non-hydrogen) atoms. The van der Waals surface area contributed by atoms with Gasteiger partial charge in [-0.3, -0.25) is 4.79 Å². The van der Waals surface area contributed by atoms with Crippen LogP contribution in [0.2, 0.25) is 0 Å². The standard InChI is InChI=1S/C14H21NO3/c16-13(12-9-5-1-2-6-10(9)12)15-8-4-3-7-11(15)14(17)18/h9-12H,1-8H2,(H,17,18)/t9-,10+,11-,12?/m0/s1. The molecule has 3 aliphatic rings. The molecule has 1 saturated heterocycles. The van der Waals surface area contributed by atoms with Crippen LogP contribution in [0, 0.1) is 17.8 Å². The number of aliphatic carboxylic acids is 1. The third-order valence-electron chi connectivity index (χ3n) is 5.01. The average molecular weight is 251 g/mol. The van der Waals surface area contributed by atoms with Crippen LogP contribution >= 0.6 is 0 Å². The van der Waals surface area contributed by atoms with Crippen LogP contribution < -0.4 is 0 Å². The van der Waals surface area contributed by atoms with Gasteiger partial charge in [0.05, 0.1) is 0 Å². The van der Waals surface area contributed by atoms with Gasteiger partial charge in [-0.25, -0.2) is 4.79 Å². The summed E-state index contributed by atoms with van der Waals surface area (Å²) in [5, 5.41) is 9.22. The first-order valence-corrected chi connectivity index (χ1v) is 7.23. The van der Waals surface area contributed by atoms with Crippen LogP contribution in [-0.4, -0.2) is 34.5 Å². The van der Waals surface area contributed by atoms with Crippen molar-refractivity contribution in [3.63, 3.8) is 0 Å². The van der Waals surface area contributed by atoms with Crippen LogP contribution in [-0.2, 0) is 9.59 Å². The van der Waals surface area contributed by atoms with Crippen LogP contribution in [0.1, 0.15) is 44.9 Å². The third kappa shape index (κ3) is 1.91. The second kappa shape index (κ2) is 4.56. The SMILES string of the molecule is O=C(O)[C@@H]1CCCCN1C(=O)C1[C@H]2CCCC[C@@H]12. The highest BCUT2D eigenvalue weighted by Crippen LogP contribution is 2.56. The molecule has 1 unspecified atom stereocenters. The Morgan fingerprint density at radius 3 is 2.17 bits per heavy atom. The minimum absolute atomic E-state index is 0.138. The molecule has 1 heterocycles. The summed E-state index contributed by atoms with van der Waals surface area (Å²) in [5.74, 6) is 0.614. The smallest absolute Gasteiger partial charge is 0.326 e. The molecule has 3 rings (SSSR count). The molecule has 4 nitrogen and oxygen atoms in total. The van der Waals surface area contributed by atoms with Gasteiger partial charge in [0.15, 0.2) is 0 Å². The first kappa shape index (κ1) is 12.0. The molecule has 2 saturated carbocycles. The maximum atomic E-state index is 12.5. The van der Waals surface area contributed by atoms with E-state index in [0.29, 0.717) is 24.8 Å². The summed E-state index contributed by atoms with van der Waals surface area (Å²) in [5.41, 5.74) is 0. The third-order valence-corrected chi connectivity index (χ3v) is 5.01. The maximum absolute atomic E-state index is 12.5. The van der Waals surface area contributed by atoms with E-state index in [1.165, 1.54) is 25.7 Å². The predicted molar refractivity (Wildman–Crippen MR) is 65.9 cm³/mol. The summed E-state index contributed by atoms with van der Waals surface area (Å²) in [6.07, 6.45) is 7.35. The van der Waals surface area contributed by atoms with E-state index in [-0.39, 0.29) is 11.8 Å². The summed E-state index contributed by atoms with van der Waals surface area (Å²) < 4.78 is 0. The molecule has 0 aromatic carbocycles. The largest absolute Gasteiger partial charge is 0.480 e. The van der Waals surface area contributed by atoms with E-state index in [2.05, 4.69) is 0 Å². The van der Waals surface area contributed by atoms with Gasteiger partial charge in [0.2, 0.25) is 5.91 Å². The number of piperidine rings is 1. The number of carboxylic acids is 1. The molecule has 0 spiro atoms. The summed E-state index contributed by atoms with van der Waals surface area (Å²) in [7, 11) is 0. The van der Waals surface area contributed by atoms with Crippen molar-refractivity contribution in [1.29, 1.82) is 0 Å². The molecule has 4 atom stereocenters. The molecule has 0 aromatic heterocycles. The number of hydrogen-bond acceptors (Lipinski definition) is 2. The van der Waals surface area contributed by atoms with E-state index < -0.39 is 12.0 Å². The number of fused-ring (bicyclic) bond motifs is 1. The quantitative estimate of drug-likeness (QED) is 0.815. The van der Waals surface area contributed by atoms with Gasteiger partial charge in [-0.1, -0.05) is 12.8 Å². The Morgan fingerprint density at radius 1 is 0.944 bits per heavy atom. The number of likely N-dealkylation sites (tertiary alicyclic amines) is 1. The van der Waals surface area contributed by atoms with Crippen molar-refractivity contribution < 1.29 is 14.7 Å². The lowest BCUT2D eigenvalue weighted by atomic mass is 10.0. The molecule has 100 valence electrons. The molecule has 4 heteroatoms. The second-order valence-corrected chi connectivity index (χ2v) is 6.02. The summed E-state index contributed by atoms with van der Waals surface area (Å²) >= 11 is 0. The summed E-state index contributed by atoms with van der Waals surface area (Å²) in [6.45, 7) is 0.645. The highest BCUT2D eigenvalue weighted by atomic mass is 16.4. The maximum Gasteiger partial charge on any atom is 0.326 e. The van der Waals surface area contributed by atoms with Crippen molar-refractivity contribution in [2.75, 3.05) is 6.54 Å². The first-order chi connectivity index (χ1) is 8.70. The molecule has 3 fully saturated rings. The fourth-order valence-electron chi connectivity index (χ4n) is 4.00. The van der Waals surface area contributed by atoms with Crippen LogP contribution in [0.3, 0.4) is 0 Å². The van der Waals surface area contributed by atoms with Gasteiger partial charge >= 0.3 is 5.97 Å². The number of carbonyl (C=O) groups excluding carboxylic acids is 1. The second-order valence-electron chi connectivity index (χ2n) is 6.02. The van der Waals surface area contributed by atoms with E-state index in [1.54, 1.807) is 4.90 Å². The molecule has 1 aliphatic heterocycles. The van der Waals surface area contributed by atoms with Gasteiger partial charge in [0, 0.05) is 12.5 Å². The van der Waals surface area contributed by atoms with E-state index in [9.17, 15) is 14.7 Å². The van der Waals surface area contributed by atoms with Crippen molar-refractivity contribution in [2.45, 2.75) is 51.0 Å². The van der Waals surface area contributed by atoms with Crippen molar-refractivity contribution in [3.8, 4) is 0 Å². The van der Waals surface area contributed by atoms with Crippen molar-refractivity contribution in [2.24, 2.45) is 17.8 Å². The normalized spacial score (nSPS) is 39.0. The molecule has 0 bridgehead atoms. The van der Waals surface area contributed by atoms with Gasteiger partial charge in [0.25, 0.3) is 0 Å². The van der Waals surface area contributed by atoms with Gasteiger partial charge < -0.3 is 10.0 Å². The molecule has 2 aliphatic carbocycles. The number of carbonyl (C=O) groups is 2. The highest BCUT2D eigenvalue weighted by Gasteiger charge is 2.56. The molecular formula is C14H21NO3. The molecular weight excluding hydrogens is 230 g/mol. The number of carboxylic acid groups (broad SMARTS) is 1. The zero-order valence-corrected chi connectivity index (χ0v) is 10.7. The van der Waals surface area contributed by atoms with E-state index >= 15 is 0 Å². The lowest BCUT2D eigenvalue weighted by Gasteiger charge is -2.33. The van der Waals surface area contributed by atoms with E-state index in [4.69, 9.17) is 0 Å². The Balaban J connectivity index is 1.69. The predicted octanol–water partition coefficient (Wildman–Crippen LogP) is 1.89. The van der Waals surface area contributed by atoms with Crippen LogP contribution in [0.4, 0.5) is 0 Å². The van der Waals surface area contributed by atoms with Gasteiger partial charge in [-0.15, -0.1) is 0 Å². The van der Waals surface area contributed by atoms with Crippen LogP contribution in [0.25, 0.3) is 0 Å². The Morgan fingerprint density at radius 2 is 1.56 bits per heavy atom. The van der Waals surface area contributed by atoms with Crippen molar-refractivity contribution >= 4 is 11.9 Å². The van der Waals surface area contributed by atoms with Crippen LogP contribution in [0.5, 0.6) is 0 Å². The lowest BCUT2D eigenvalue weighted by molar-refractivity contribution is -0.152. The number of nitrogens with zero attached hydrogens (tertiary/aromatic N) is 1. The topological polar surface area (TPSA) is 57.6 Å². The van der Waals surface area contributed by atoms with Crippen LogP contribution in [0.15, 0.2) is 0 Å². The minimum Gasteiger partial charge on any atom is -0.480 e.